The summed E-state index contributed by atoms with van der Waals surface area (Å²) in [5.74, 6) is -0.00633. The van der Waals surface area contributed by atoms with Crippen molar-refractivity contribution in [1.29, 1.82) is 0 Å². The number of nitrogens with zero attached hydrogens (tertiary/aromatic N) is 1. The number of fused-ring (bicyclic) bond motifs is 1. The summed E-state index contributed by atoms with van der Waals surface area (Å²) in [5.41, 5.74) is 2.37. The maximum atomic E-state index is 10.7. The van der Waals surface area contributed by atoms with Crippen molar-refractivity contribution in [2.75, 3.05) is 6.54 Å². The molecule has 0 fully saturated rings. The second-order valence-corrected chi connectivity index (χ2v) is 4.08. The molecule has 0 aliphatic carbocycles. The number of aromatic nitrogens is 1. The minimum absolute atomic E-state index is 0.00633. The van der Waals surface area contributed by atoms with E-state index in [0.717, 1.165) is 5.56 Å². The van der Waals surface area contributed by atoms with Gasteiger partial charge in [0.2, 0.25) is 5.91 Å². The zero-order valence-corrected chi connectivity index (χ0v) is 10.1. The van der Waals surface area contributed by atoms with Crippen molar-refractivity contribution in [3.63, 3.8) is 0 Å². The highest BCUT2D eigenvalue weighted by Gasteiger charge is 1.97. The number of aryl methyl sites for hydroxylation is 1. The van der Waals surface area contributed by atoms with Crippen LogP contribution in [0.2, 0.25) is 0 Å². The number of nitrogens with one attached hydrogen (secondary N) is 1. The van der Waals surface area contributed by atoms with Gasteiger partial charge in [-0.3, -0.25) is 4.79 Å². The summed E-state index contributed by atoms with van der Waals surface area (Å²) >= 11 is 0. The van der Waals surface area contributed by atoms with E-state index in [1.807, 2.05) is 19.2 Å². The number of hydrogen-bond acceptors (Lipinski definition) is 1. The van der Waals surface area contributed by atoms with Gasteiger partial charge < -0.3 is 9.88 Å². The molecule has 0 radical (unpaired) electrons. The van der Waals surface area contributed by atoms with Gasteiger partial charge in [0, 0.05) is 37.6 Å². The highest BCUT2D eigenvalue weighted by atomic mass is 16.1. The minimum atomic E-state index is -0.00633. The third kappa shape index (κ3) is 2.75. The standard InChI is InChI=1S/C14H16N2O/c1-11(17)15-8-3-4-12-5-6-14-13(10-12)7-9-16(14)2/h3-7,9-10H,8H2,1-2H3,(H,15,17). The molecule has 0 aliphatic heterocycles. The van der Waals surface area contributed by atoms with Gasteiger partial charge in [-0.25, -0.2) is 0 Å². The van der Waals surface area contributed by atoms with Crippen molar-refractivity contribution in [2.24, 2.45) is 7.05 Å². The summed E-state index contributed by atoms with van der Waals surface area (Å²) in [5, 5.41) is 3.96. The van der Waals surface area contributed by atoms with Crippen LogP contribution in [0.15, 0.2) is 36.5 Å². The van der Waals surface area contributed by atoms with Crippen LogP contribution in [0, 0.1) is 0 Å². The molecular weight excluding hydrogens is 212 g/mol. The Morgan fingerprint density at radius 3 is 3.00 bits per heavy atom. The Morgan fingerprint density at radius 2 is 2.24 bits per heavy atom. The molecule has 0 aliphatic rings. The van der Waals surface area contributed by atoms with Crippen molar-refractivity contribution in [2.45, 2.75) is 6.92 Å². The fourth-order valence-corrected chi connectivity index (χ4v) is 1.80. The number of hydrogen-bond donors (Lipinski definition) is 1. The lowest BCUT2D eigenvalue weighted by atomic mass is 10.1. The van der Waals surface area contributed by atoms with Gasteiger partial charge in [-0.2, -0.15) is 0 Å². The molecule has 88 valence electrons. The smallest absolute Gasteiger partial charge is 0.217 e. The average molecular weight is 228 g/mol. The lowest BCUT2D eigenvalue weighted by Crippen LogP contribution is -2.19. The monoisotopic (exact) mass is 228 g/mol. The Bertz CT molecular complexity index is 567. The van der Waals surface area contributed by atoms with Crippen LogP contribution in [-0.2, 0) is 11.8 Å². The predicted molar refractivity (Wildman–Crippen MR) is 70.6 cm³/mol. The molecule has 1 aromatic carbocycles. The van der Waals surface area contributed by atoms with Crippen LogP contribution in [0.25, 0.3) is 17.0 Å². The van der Waals surface area contributed by atoms with Crippen LogP contribution in [0.3, 0.4) is 0 Å². The summed E-state index contributed by atoms with van der Waals surface area (Å²) in [6, 6.07) is 8.42. The SMILES string of the molecule is CC(=O)NCC=Cc1ccc2c(ccn2C)c1. The molecule has 0 saturated heterocycles. The van der Waals surface area contributed by atoms with E-state index in [0.29, 0.717) is 6.54 Å². The topological polar surface area (TPSA) is 34.0 Å². The minimum Gasteiger partial charge on any atom is -0.353 e. The second kappa shape index (κ2) is 4.87. The number of amides is 1. The van der Waals surface area contributed by atoms with Crippen molar-refractivity contribution in [1.82, 2.24) is 9.88 Å². The Morgan fingerprint density at radius 1 is 1.41 bits per heavy atom. The first-order valence-electron chi connectivity index (χ1n) is 5.63. The first kappa shape index (κ1) is 11.5. The zero-order chi connectivity index (χ0) is 12.3. The molecular formula is C14H16N2O. The van der Waals surface area contributed by atoms with E-state index in [4.69, 9.17) is 0 Å². The fraction of sp³-hybridized carbons (Fsp3) is 0.214. The molecule has 0 bridgehead atoms. The summed E-state index contributed by atoms with van der Waals surface area (Å²) in [4.78, 5) is 10.7. The molecule has 17 heavy (non-hydrogen) atoms. The zero-order valence-electron chi connectivity index (χ0n) is 10.1. The van der Waals surface area contributed by atoms with Crippen molar-refractivity contribution >= 4 is 22.9 Å². The van der Waals surface area contributed by atoms with E-state index in [1.54, 1.807) is 0 Å². The van der Waals surface area contributed by atoms with Crippen molar-refractivity contribution < 1.29 is 4.79 Å². The lowest BCUT2D eigenvalue weighted by molar-refractivity contribution is -0.118. The van der Waals surface area contributed by atoms with E-state index in [9.17, 15) is 4.79 Å². The van der Waals surface area contributed by atoms with E-state index >= 15 is 0 Å². The Labute approximate surface area is 101 Å². The molecule has 0 saturated carbocycles. The maximum absolute atomic E-state index is 10.7. The van der Waals surface area contributed by atoms with Crippen LogP contribution in [-0.4, -0.2) is 17.0 Å². The average Bonchev–Trinajstić information content (AvgIpc) is 2.66. The van der Waals surface area contributed by atoms with E-state index < -0.39 is 0 Å². The molecule has 2 rings (SSSR count). The molecule has 3 nitrogen and oxygen atoms in total. The van der Waals surface area contributed by atoms with Gasteiger partial charge in [-0.15, -0.1) is 0 Å². The molecule has 0 spiro atoms. The molecule has 1 heterocycles. The first-order chi connectivity index (χ1) is 8.16. The first-order valence-corrected chi connectivity index (χ1v) is 5.63. The molecule has 2 aromatic rings. The maximum Gasteiger partial charge on any atom is 0.217 e. The number of carbonyl (C=O) groups excluding carboxylic acids is 1. The van der Waals surface area contributed by atoms with Crippen LogP contribution in [0.4, 0.5) is 0 Å². The lowest BCUT2D eigenvalue weighted by Gasteiger charge is -1.98. The molecule has 1 N–H and O–H groups in total. The van der Waals surface area contributed by atoms with Crippen LogP contribution >= 0.6 is 0 Å². The van der Waals surface area contributed by atoms with Gasteiger partial charge in [-0.1, -0.05) is 18.2 Å². The fourth-order valence-electron chi connectivity index (χ4n) is 1.80. The van der Waals surface area contributed by atoms with E-state index in [2.05, 4.69) is 40.3 Å². The number of rotatable bonds is 3. The van der Waals surface area contributed by atoms with Crippen LogP contribution in [0.5, 0.6) is 0 Å². The van der Waals surface area contributed by atoms with Gasteiger partial charge in [0.15, 0.2) is 0 Å². The highest BCUT2D eigenvalue weighted by Crippen LogP contribution is 2.17. The van der Waals surface area contributed by atoms with E-state index in [1.165, 1.54) is 17.8 Å². The largest absolute Gasteiger partial charge is 0.353 e. The molecule has 1 aromatic heterocycles. The highest BCUT2D eigenvalue weighted by molar-refractivity contribution is 5.82. The predicted octanol–water partition coefficient (Wildman–Crippen LogP) is 2.33. The molecule has 0 atom stereocenters. The van der Waals surface area contributed by atoms with Crippen LogP contribution in [0.1, 0.15) is 12.5 Å². The van der Waals surface area contributed by atoms with Gasteiger partial charge in [-0.05, 0) is 23.8 Å². The van der Waals surface area contributed by atoms with Gasteiger partial charge >= 0.3 is 0 Å². The summed E-state index contributed by atoms with van der Waals surface area (Å²) in [6.07, 6.45) is 6.02. The Kier molecular flexibility index (Phi) is 3.28. The quantitative estimate of drug-likeness (QED) is 0.859. The van der Waals surface area contributed by atoms with Crippen molar-refractivity contribution in [3.8, 4) is 0 Å². The Hall–Kier alpha value is -2.03. The third-order valence-corrected chi connectivity index (χ3v) is 2.69. The second-order valence-electron chi connectivity index (χ2n) is 4.08. The van der Waals surface area contributed by atoms with Crippen molar-refractivity contribution in [3.05, 3.63) is 42.1 Å². The summed E-state index contributed by atoms with van der Waals surface area (Å²) < 4.78 is 2.10. The Balaban J connectivity index is 2.11. The summed E-state index contributed by atoms with van der Waals surface area (Å²) in [7, 11) is 2.04. The van der Waals surface area contributed by atoms with Gasteiger partial charge in [0.05, 0.1) is 0 Å². The normalized spacial score (nSPS) is 11.2. The molecule has 0 unspecified atom stereocenters. The third-order valence-electron chi connectivity index (χ3n) is 2.69. The van der Waals surface area contributed by atoms with E-state index in [-0.39, 0.29) is 5.91 Å². The van der Waals surface area contributed by atoms with Gasteiger partial charge in [0.25, 0.3) is 0 Å². The molecule has 1 amide bonds. The summed E-state index contributed by atoms with van der Waals surface area (Å²) in [6.45, 7) is 2.09. The van der Waals surface area contributed by atoms with Gasteiger partial charge in [0.1, 0.15) is 0 Å². The number of carbonyl (C=O) groups is 1. The number of benzene rings is 1. The molecule has 3 heteroatoms. The van der Waals surface area contributed by atoms with Crippen LogP contribution < -0.4 is 5.32 Å².